The van der Waals surface area contributed by atoms with Crippen LogP contribution < -0.4 is 10.6 Å². The van der Waals surface area contributed by atoms with Crippen molar-refractivity contribution in [2.24, 2.45) is 0 Å². The number of aliphatic hydroxyl groups excluding tert-OH is 1. The zero-order chi connectivity index (χ0) is 26.8. The molecule has 2 amide bonds. The SMILES string of the molecule is O=C(CNC(=O)c1cccc(C(F)(F)F)c1)N[C@H]1CN(C2CCC(O)(c3ccc(Cl)cc3)CC2)C[C@@H]1O. The fourth-order valence-corrected chi connectivity index (χ4v) is 5.23. The van der Waals surface area contributed by atoms with Gasteiger partial charge in [-0.1, -0.05) is 29.8 Å². The number of nitrogens with one attached hydrogen (secondary N) is 2. The minimum Gasteiger partial charge on any atom is -0.390 e. The summed E-state index contributed by atoms with van der Waals surface area (Å²) in [5, 5.41) is 27.2. The Bertz CT molecular complexity index is 1120. The first-order chi connectivity index (χ1) is 17.4. The number of halogens is 4. The van der Waals surface area contributed by atoms with Gasteiger partial charge >= 0.3 is 6.18 Å². The molecule has 37 heavy (non-hydrogen) atoms. The molecule has 0 aromatic heterocycles. The summed E-state index contributed by atoms with van der Waals surface area (Å²) < 4.78 is 38.6. The lowest BCUT2D eigenvalue weighted by atomic mass is 9.77. The van der Waals surface area contributed by atoms with Gasteiger partial charge in [0.25, 0.3) is 5.91 Å². The fraction of sp³-hybridized carbons (Fsp3) is 0.462. The summed E-state index contributed by atoms with van der Waals surface area (Å²) in [5.74, 6) is -1.35. The molecule has 11 heteroatoms. The Morgan fingerprint density at radius 2 is 1.76 bits per heavy atom. The molecule has 1 saturated carbocycles. The van der Waals surface area contributed by atoms with Gasteiger partial charge in [0.15, 0.2) is 0 Å². The van der Waals surface area contributed by atoms with Crippen molar-refractivity contribution in [3.8, 4) is 0 Å². The third-order valence-corrected chi connectivity index (χ3v) is 7.46. The predicted octanol–water partition coefficient (Wildman–Crippen LogP) is 3.08. The summed E-state index contributed by atoms with van der Waals surface area (Å²) in [5.41, 5.74) is -1.25. The largest absolute Gasteiger partial charge is 0.416 e. The lowest BCUT2D eigenvalue weighted by molar-refractivity contribution is -0.137. The highest BCUT2D eigenvalue weighted by atomic mass is 35.5. The highest BCUT2D eigenvalue weighted by molar-refractivity contribution is 6.30. The molecule has 0 unspecified atom stereocenters. The first-order valence-corrected chi connectivity index (χ1v) is 12.5. The maximum atomic E-state index is 12.9. The molecule has 2 aromatic carbocycles. The van der Waals surface area contributed by atoms with Crippen LogP contribution in [0.4, 0.5) is 13.2 Å². The van der Waals surface area contributed by atoms with Crippen LogP contribution in [0.1, 0.15) is 47.2 Å². The number of hydrogen-bond acceptors (Lipinski definition) is 5. The number of alkyl halides is 3. The van der Waals surface area contributed by atoms with Gasteiger partial charge in [-0.15, -0.1) is 0 Å². The van der Waals surface area contributed by atoms with E-state index in [0.717, 1.165) is 36.6 Å². The number of amides is 2. The molecular weight excluding hydrogens is 511 g/mol. The van der Waals surface area contributed by atoms with E-state index in [4.69, 9.17) is 11.6 Å². The standard InChI is InChI=1S/C26H29ClF3N3O4/c27-19-6-4-17(5-7-19)25(37)10-8-20(9-11-25)33-14-21(22(34)15-33)32-23(35)13-31-24(36)16-2-1-3-18(12-16)26(28,29)30/h1-7,12,20-22,34,37H,8-11,13-15H2,(H,31,36)(H,32,35)/t20?,21-,22-,25?/m0/s1. The molecule has 0 spiro atoms. The molecule has 1 heterocycles. The van der Waals surface area contributed by atoms with Crippen molar-refractivity contribution < 1.29 is 33.0 Å². The van der Waals surface area contributed by atoms with Gasteiger partial charge in [-0.3, -0.25) is 14.5 Å². The molecule has 0 radical (unpaired) electrons. The van der Waals surface area contributed by atoms with Crippen molar-refractivity contribution in [2.45, 2.75) is 55.6 Å². The summed E-state index contributed by atoms with van der Waals surface area (Å²) in [7, 11) is 0. The third-order valence-electron chi connectivity index (χ3n) is 7.21. The molecule has 2 aromatic rings. The number of rotatable bonds is 6. The van der Waals surface area contributed by atoms with Crippen molar-refractivity contribution >= 4 is 23.4 Å². The third kappa shape index (κ3) is 6.62. The number of likely N-dealkylation sites (tertiary alicyclic amines) is 1. The summed E-state index contributed by atoms with van der Waals surface area (Å²) in [6, 6.07) is 10.7. The van der Waals surface area contributed by atoms with Gasteiger partial charge in [-0.2, -0.15) is 13.2 Å². The summed E-state index contributed by atoms with van der Waals surface area (Å²) in [6.07, 6.45) is -2.82. The number of carbonyl (C=O) groups excluding carboxylic acids is 2. The monoisotopic (exact) mass is 539 g/mol. The molecule has 1 aliphatic heterocycles. The first kappa shape index (κ1) is 27.4. The van der Waals surface area contributed by atoms with Gasteiger partial charge in [-0.05, 0) is 61.6 Å². The summed E-state index contributed by atoms with van der Waals surface area (Å²) in [6.45, 7) is 0.347. The Balaban J connectivity index is 1.25. The maximum Gasteiger partial charge on any atom is 0.416 e. The molecule has 2 fully saturated rings. The van der Waals surface area contributed by atoms with Crippen LogP contribution >= 0.6 is 11.6 Å². The summed E-state index contributed by atoms with van der Waals surface area (Å²) >= 11 is 5.95. The Morgan fingerprint density at radius 3 is 2.41 bits per heavy atom. The van der Waals surface area contributed by atoms with E-state index in [1.54, 1.807) is 12.1 Å². The van der Waals surface area contributed by atoms with Crippen LogP contribution in [0.15, 0.2) is 48.5 Å². The van der Waals surface area contributed by atoms with Gasteiger partial charge in [0.05, 0.1) is 29.9 Å². The zero-order valence-corrected chi connectivity index (χ0v) is 20.7. The van der Waals surface area contributed by atoms with E-state index in [2.05, 4.69) is 15.5 Å². The number of β-amino-alcohol motifs (C(OH)–C–C–N with tert-alkyl or cyclic N) is 1. The number of carbonyl (C=O) groups is 2. The number of hydrogen-bond donors (Lipinski definition) is 4. The minimum absolute atomic E-state index is 0.143. The molecular formula is C26H29ClF3N3O4. The molecule has 4 N–H and O–H groups in total. The number of nitrogens with zero attached hydrogens (tertiary/aromatic N) is 1. The maximum absolute atomic E-state index is 12.9. The Kier molecular flexibility index (Phi) is 8.13. The van der Waals surface area contributed by atoms with Crippen LogP contribution in [0.5, 0.6) is 0 Å². The predicted molar refractivity (Wildman–Crippen MR) is 131 cm³/mol. The van der Waals surface area contributed by atoms with E-state index >= 15 is 0 Å². The van der Waals surface area contributed by atoms with Crippen LogP contribution in [-0.4, -0.2) is 64.7 Å². The second-order valence-corrected chi connectivity index (χ2v) is 10.2. The van der Waals surface area contributed by atoms with Gasteiger partial charge in [-0.25, -0.2) is 0 Å². The van der Waals surface area contributed by atoms with E-state index in [9.17, 15) is 33.0 Å². The Labute approximate surface area is 217 Å². The number of benzene rings is 2. The van der Waals surface area contributed by atoms with E-state index in [-0.39, 0.29) is 11.6 Å². The van der Waals surface area contributed by atoms with Crippen molar-refractivity contribution in [1.29, 1.82) is 0 Å². The van der Waals surface area contributed by atoms with E-state index < -0.39 is 47.8 Å². The highest BCUT2D eigenvalue weighted by Gasteiger charge is 2.41. The average molecular weight is 540 g/mol. The highest BCUT2D eigenvalue weighted by Crippen LogP contribution is 2.39. The van der Waals surface area contributed by atoms with Gasteiger partial charge in [0.1, 0.15) is 0 Å². The van der Waals surface area contributed by atoms with E-state index in [0.29, 0.717) is 31.0 Å². The lowest BCUT2D eigenvalue weighted by Crippen LogP contribution is -2.47. The second kappa shape index (κ2) is 11.0. The van der Waals surface area contributed by atoms with Crippen molar-refractivity contribution in [3.05, 3.63) is 70.2 Å². The molecule has 1 saturated heterocycles. The summed E-state index contributed by atoms with van der Waals surface area (Å²) in [4.78, 5) is 26.7. The molecule has 200 valence electrons. The van der Waals surface area contributed by atoms with Gasteiger partial charge < -0.3 is 20.8 Å². The smallest absolute Gasteiger partial charge is 0.390 e. The van der Waals surface area contributed by atoms with E-state index in [1.807, 2.05) is 12.1 Å². The van der Waals surface area contributed by atoms with Crippen LogP contribution in [0.2, 0.25) is 5.02 Å². The van der Waals surface area contributed by atoms with Crippen LogP contribution in [0.25, 0.3) is 0 Å². The van der Waals surface area contributed by atoms with Crippen molar-refractivity contribution in [2.75, 3.05) is 19.6 Å². The van der Waals surface area contributed by atoms with E-state index in [1.165, 1.54) is 6.07 Å². The quantitative estimate of drug-likeness (QED) is 0.452. The molecule has 2 aliphatic rings. The van der Waals surface area contributed by atoms with Gasteiger partial charge in [0, 0.05) is 29.7 Å². The lowest BCUT2D eigenvalue weighted by Gasteiger charge is -2.40. The first-order valence-electron chi connectivity index (χ1n) is 12.1. The fourth-order valence-electron chi connectivity index (χ4n) is 5.11. The van der Waals surface area contributed by atoms with Crippen LogP contribution in [0, 0.1) is 0 Å². The average Bonchev–Trinajstić information content (AvgIpc) is 3.22. The van der Waals surface area contributed by atoms with Crippen LogP contribution in [-0.2, 0) is 16.6 Å². The molecule has 1 aliphatic carbocycles. The zero-order valence-electron chi connectivity index (χ0n) is 20.0. The molecule has 2 atom stereocenters. The van der Waals surface area contributed by atoms with Crippen molar-refractivity contribution in [3.63, 3.8) is 0 Å². The number of aliphatic hydroxyl groups is 2. The van der Waals surface area contributed by atoms with Crippen molar-refractivity contribution in [1.82, 2.24) is 15.5 Å². The normalized spacial score (nSPS) is 26.6. The van der Waals surface area contributed by atoms with Gasteiger partial charge in [0.2, 0.25) is 5.91 Å². The van der Waals surface area contributed by atoms with Crippen LogP contribution in [0.3, 0.4) is 0 Å². The molecule has 7 nitrogen and oxygen atoms in total. The Hall–Kier alpha value is -2.66. The molecule has 4 rings (SSSR count). The minimum atomic E-state index is -4.58. The Morgan fingerprint density at radius 1 is 1.08 bits per heavy atom. The molecule has 0 bridgehead atoms. The second-order valence-electron chi connectivity index (χ2n) is 9.73. The topological polar surface area (TPSA) is 102 Å².